The van der Waals surface area contributed by atoms with Gasteiger partial charge in [0.2, 0.25) is 0 Å². The van der Waals surface area contributed by atoms with Crippen molar-refractivity contribution in [2.75, 3.05) is 13.1 Å². The molecular formula is C13H16INO2. The molecule has 0 aromatic heterocycles. The minimum absolute atomic E-state index is 0.138. The quantitative estimate of drug-likeness (QED) is 0.857. The average molecular weight is 345 g/mol. The summed E-state index contributed by atoms with van der Waals surface area (Å²) in [5.41, 5.74) is 1.34. The van der Waals surface area contributed by atoms with Gasteiger partial charge in [0.15, 0.2) is 0 Å². The first-order valence-corrected chi connectivity index (χ1v) is 6.93. The summed E-state index contributed by atoms with van der Waals surface area (Å²) in [5.74, 6) is -0.778. The van der Waals surface area contributed by atoms with Gasteiger partial charge in [-0.2, -0.15) is 0 Å². The minimum atomic E-state index is -0.640. The van der Waals surface area contributed by atoms with Gasteiger partial charge in [0.25, 0.3) is 0 Å². The monoisotopic (exact) mass is 345 g/mol. The van der Waals surface area contributed by atoms with Crippen molar-refractivity contribution in [2.24, 2.45) is 5.92 Å². The van der Waals surface area contributed by atoms with Gasteiger partial charge in [0.1, 0.15) is 0 Å². The second-order valence-corrected chi connectivity index (χ2v) is 5.64. The molecule has 1 aromatic rings. The second-order valence-electron chi connectivity index (χ2n) is 4.48. The fourth-order valence-corrected chi connectivity index (χ4v) is 2.76. The zero-order chi connectivity index (χ0) is 12.3. The maximum atomic E-state index is 10.9. The molecule has 4 heteroatoms. The van der Waals surface area contributed by atoms with E-state index in [0.717, 1.165) is 32.5 Å². The number of carbonyl (C=O) groups is 1. The molecule has 1 saturated heterocycles. The molecule has 0 spiro atoms. The first-order chi connectivity index (χ1) is 8.16. The first-order valence-electron chi connectivity index (χ1n) is 5.85. The zero-order valence-corrected chi connectivity index (χ0v) is 11.8. The van der Waals surface area contributed by atoms with E-state index < -0.39 is 5.97 Å². The molecule has 1 fully saturated rings. The molecule has 1 heterocycles. The van der Waals surface area contributed by atoms with Crippen LogP contribution in [0.5, 0.6) is 0 Å². The van der Waals surface area contributed by atoms with E-state index in [2.05, 4.69) is 45.7 Å². The third-order valence-electron chi connectivity index (χ3n) is 3.29. The van der Waals surface area contributed by atoms with Crippen molar-refractivity contribution in [3.63, 3.8) is 0 Å². The van der Waals surface area contributed by atoms with Gasteiger partial charge in [-0.3, -0.25) is 9.69 Å². The van der Waals surface area contributed by atoms with Gasteiger partial charge < -0.3 is 5.11 Å². The normalized spacial score (nSPS) is 18.2. The van der Waals surface area contributed by atoms with E-state index in [4.69, 9.17) is 5.11 Å². The number of halogens is 1. The van der Waals surface area contributed by atoms with Crippen LogP contribution in [-0.4, -0.2) is 29.1 Å². The highest BCUT2D eigenvalue weighted by atomic mass is 127. The Labute approximate surface area is 115 Å². The Bertz CT molecular complexity index is 400. The molecule has 1 aliphatic rings. The first kappa shape index (κ1) is 12.8. The molecule has 0 bridgehead atoms. The topological polar surface area (TPSA) is 40.5 Å². The van der Waals surface area contributed by atoms with E-state index in [1.54, 1.807) is 0 Å². The lowest BCUT2D eigenvalue weighted by Crippen LogP contribution is -2.35. The Balaban J connectivity index is 1.90. The molecular weight excluding hydrogens is 329 g/mol. The molecule has 0 unspecified atom stereocenters. The van der Waals surface area contributed by atoms with Gasteiger partial charge in [-0.1, -0.05) is 18.2 Å². The molecule has 2 rings (SSSR count). The number of benzene rings is 1. The average Bonchev–Trinajstić information content (AvgIpc) is 2.33. The SMILES string of the molecule is O=C(O)C1CCN(Cc2ccccc2I)CC1. The summed E-state index contributed by atoms with van der Waals surface area (Å²) in [6, 6.07) is 8.36. The smallest absolute Gasteiger partial charge is 0.306 e. The van der Waals surface area contributed by atoms with Crippen molar-refractivity contribution in [2.45, 2.75) is 19.4 Å². The Morgan fingerprint density at radius 1 is 1.35 bits per heavy atom. The Morgan fingerprint density at radius 3 is 2.59 bits per heavy atom. The lowest BCUT2D eigenvalue weighted by Gasteiger charge is -2.30. The highest BCUT2D eigenvalue weighted by molar-refractivity contribution is 14.1. The summed E-state index contributed by atoms with van der Waals surface area (Å²) < 4.78 is 1.28. The number of carboxylic acids is 1. The van der Waals surface area contributed by atoms with Crippen LogP contribution in [0.4, 0.5) is 0 Å². The lowest BCUT2D eigenvalue weighted by atomic mass is 9.97. The van der Waals surface area contributed by atoms with E-state index in [0.29, 0.717) is 0 Å². The van der Waals surface area contributed by atoms with Gasteiger partial charge in [-0.05, 0) is 60.2 Å². The molecule has 0 amide bonds. The fourth-order valence-electron chi connectivity index (χ4n) is 2.21. The predicted molar refractivity (Wildman–Crippen MR) is 74.8 cm³/mol. The Kier molecular flexibility index (Phi) is 4.39. The number of likely N-dealkylation sites (tertiary alicyclic amines) is 1. The summed E-state index contributed by atoms with van der Waals surface area (Å²) in [6.07, 6.45) is 1.55. The Hall–Kier alpha value is -0.620. The largest absolute Gasteiger partial charge is 0.481 e. The van der Waals surface area contributed by atoms with E-state index in [-0.39, 0.29) is 5.92 Å². The molecule has 1 aliphatic heterocycles. The van der Waals surface area contributed by atoms with Crippen LogP contribution >= 0.6 is 22.6 Å². The molecule has 0 saturated carbocycles. The number of hydrogen-bond donors (Lipinski definition) is 1. The second kappa shape index (κ2) is 5.82. The predicted octanol–water partition coefficient (Wildman–Crippen LogP) is 2.59. The van der Waals surface area contributed by atoms with E-state index in [9.17, 15) is 4.79 Å². The maximum absolute atomic E-state index is 10.9. The third-order valence-corrected chi connectivity index (χ3v) is 4.34. The summed E-state index contributed by atoms with van der Waals surface area (Å²) in [4.78, 5) is 13.2. The third kappa shape index (κ3) is 3.42. The highest BCUT2D eigenvalue weighted by Gasteiger charge is 2.24. The van der Waals surface area contributed by atoms with Crippen molar-refractivity contribution in [1.29, 1.82) is 0 Å². The molecule has 0 atom stereocenters. The number of carboxylic acid groups (broad SMARTS) is 1. The molecule has 92 valence electrons. The van der Waals surface area contributed by atoms with Crippen LogP contribution in [0.1, 0.15) is 18.4 Å². The zero-order valence-electron chi connectivity index (χ0n) is 9.60. The summed E-state index contributed by atoms with van der Waals surface area (Å²) in [7, 11) is 0. The van der Waals surface area contributed by atoms with E-state index >= 15 is 0 Å². The summed E-state index contributed by atoms with van der Waals surface area (Å²) in [6.45, 7) is 2.72. The van der Waals surface area contributed by atoms with Crippen LogP contribution in [-0.2, 0) is 11.3 Å². The van der Waals surface area contributed by atoms with Crippen LogP contribution in [0.2, 0.25) is 0 Å². The highest BCUT2D eigenvalue weighted by Crippen LogP contribution is 2.20. The van der Waals surface area contributed by atoms with Gasteiger partial charge >= 0.3 is 5.97 Å². The van der Waals surface area contributed by atoms with Crippen LogP contribution in [0.15, 0.2) is 24.3 Å². The van der Waals surface area contributed by atoms with Crippen LogP contribution < -0.4 is 0 Å². The maximum Gasteiger partial charge on any atom is 0.306 e. The van der Waals surface area contributed by atoms with Crippen LogP contribution in [0.3, 0.4) is 0 Å². The van der Waals surface area contributed by atoms with Crippen LogP contribution in [0, 0.1) is 9.49 Å². The Morgan fingerprint density at radius 2 is 2.00 bits per heavy atom. The van der Waals surface area contributed by atoms with Crippen molar-refractivity contribution >= 4 is 28.6 Å². The lowest BCUT2D eigenvalue weighted by molar-refractivity contribution is -0.143. The minimum Gasteiger partial charge on any atom is -0.481 e. The van der Waals surface area contributed by atoms with Gasteiger partial charge in [0.05, 0.1) is 5.92 Å². The molecule has 0 aliphatic carbocycles. The molecule has 1 N–H and O–H groups in total. The number of rotatable bonds is 3. The number of aliphatic carboxylic acids is 1. The molecule has 3 nitrogen and oxygen atoms in total. The van der Waals surface area contributed by atoms with Crippen molar-refractivity contribution in [3.8, 4) is 0 Å². The number of hydrogen-bond acceptors (Lipinski definition) is 2. The van der Waals surface area contributed by atoms with E-state index in [1.807, 2.05) is 6.07 Å². The summed E-state index contributed by atoms with van der Waals surface area (Å²) in [5, 5.41) is 8.94. The van der Waals surface area contributed by atoms with Crippen molar-refractivity contribution in [3.05, 3.63) is 33.4 Å². The van der Waals surface area contributed by atoms with Crippen LogP contribution in [0.25, 0.3) is 0 Å². The van der Waals surface area contributed by atoms with Gasteiger partial charge in [0, 0.05) is 10.1 Å². The van der Waals surface area contributed by atoms with Crippen molar-refractivity contribution < 1.29 is 9.90 Å². The molecule has 0 radical (unpaired) electrons. The summed E-state index contributed by atoms with van der Waals surface area (Å²) >= 11 is 2.35. The van der Waals surface area contributed by atoms with Crippen molar-refractivity contribution in [1.82, 2.24) is 4.90 Å². The van der Waals surface area contributed by atoms with Gasteiger partial charge in [-0.25, -0.2) is 0 Å². The number of nitrogens with zero attached hydrogens (tertiary/aromatic N) is 1. The fraction of sp³-hybridized carbons (Fsp3) is 0.462. The molecule has 17 heavy (non-hydrogen) atoms. The standard InChI is InChI=1S/C13H16INO2/c14-12-4-2-1-3-11(12)9-15-7-5-10(6-8-15)13(16)17/h1-4,10H,5-9H2,(H,16,17). The van der Waals surface area contributed by atoms with Gasteiger partial charge in [-0.15, -0.1) is 0 Å². The number of piperidine rings is 1. The van der Waals surface area contributed by atoms with E-state index in [1.165, 1.54) is 9.13 Å². The molecule has 1 aromatic carbocycles.